The van der Waals surface area contributed by atoms with Crippen molar-refractivity contribution < 1.29 is 8.42 Å². The number of hydrogen-bond donors (Lipinski definition) is 0. The molecule has 0 saturated heterocycles. The average Bonchev–Trinajstić information content (AvgIpc) is 2.79. The van der Waals surface area contributed by atoms with Gasteiger partial charge in [0.05, 0.1) is 0 Å². The maximum atomic E-state index is 12.5. The van der Waals surface area contributed by atoms with E-state index in [9.17, 15) is 8.42 Å². The molecule has 118 valence electrons. The van der Waals surface area contributed by atoms with Gasteiger partial charge in [-0.25, -0.2) is 0 Å². The molecule has 0 aromatic carbocycles. The van der Waals surface area contributed by atoms with E-state index >= 15 is 0 Å². The van der Waals surface area contributed by atoms with Crippen LogP contribution in [0, 0.1) is 0 Å². The van der Waals surface area contributed by atoms with Crippen LogP contribution in [0.3, 0.4) is 0 Å². The molecule has 1 aliphatic heterocycles. The van der Waals surface area contributed by atoms with Gasteiger partial charge in [0.15, 0.2) is 0 Å². The van der Waals surface area contributed by atoms with E-state index in [-0.39, 0.29) is 3.27 Å². The van der Waals surface area contributed by atoms with Gasteiger partial charge in [-0.15, -0.1) is 0 Å². The Kier molecular flexibility index (Phi) is 8.17. The zero-order valence-corrected chi connectivity index (χ0v) is 17.2. The van der Waals surface area contributed by atoms with Gasteiger partial charge in [0.2, 0.25) is 0 Å². The monoisotopic (exact) mass is 408 g/mol. The van der Waals surface area contributed by atoms with Crippen LogP contribution in [0.15, 0.2) is 12.2 Å². The molecule has 0 amide bonds. The third-order valence-electron chi connectivity index (χ3n) is 4.71. The summed E-state index contributed by atoms with van der Waals surface area (Å²) in [6.45, 7) is 6.69. The van der Waals surface area contributed by atoms with Crippen LogP contribution in [-0.2, 0) is 9.84 Å². The normalized spacial score (nSPS) is 21.4. The molecule has 0 aromatic heterocycles. The fraction of sp³-hybridized carbons (Fsp3) is 0.875. The zero-order chi connectivity index (χ0) is 15.1. The summed E-state index contributed by atoms with van der Waals surface area (Å²) in [6, 6.07) is 0. The number of rotatable bonds is 10. The van der Waals surface area contributed by atoms with Gasteiger partial charge in [-0.2, -0.15) is 0 Å². The predicted octanol–water partition coefficient (Wildman–Crippen LogP) is 4.73. The topological polar surface area (TPSA) is 34.1 Å². The van der Waals surface area contributed by atoms with Gasteiger partial charge < -0.3 is 0 Å². The van der Waals surface area contributed by atoms with Crippen molar-refractivity contribution in [3.05, 3.63) is 12.2 Å². The molecule has 0 fully saturated rings. The second kappa shape index (κ2) is 8.82. The SMILES string of the molecule is CCC[CH2][Sn]([CH2]CCC)([CH2]CCC)[CH]1C=CCS1(=O)=O. The van der Waals surface area contributed by atoms with Gasteiger partial charge in [-0.1, -0.05) is 0 Å². The van der Waals surface area contributed by atoms with E-state index in [2.05, 4.69) is 26.8 Å². The Morgan fingerprint density at radius 3 is 1.70 bits per heavy atom. The summed E-state index contributed by atoms with van der Waals surface area (Å²) in [5, 5.41) is 0. The zero-order valence-electron chi connectivity index (χ0n) is 13.5. The molecule has 1 aliphatic rings. The van der Waals surface area contributed by atoms with Crippen LogP contribution in [0.2, 0.25) is 13.3 Å². The molecule has 0 radical (unpaired) electrons. The van der Waals surface area contributed by atoms with Gasteiger partial charge in [-0.3, -0.25) is 0 Å². The minimum absolute atomic E-state index is 0.0125. The van der Waals surface area contributed by atoms with Crippen molar-refractivity contribution in [2.75, 3.05) is 5.75 Å². The molecule has 0 aromatic rings. The van der Waals surface area contributed by atoms with Crippen LogP contribution >= 0.6 is 0 Å². The van der Waals surface area contributed by atoms with Crippen LogP contribution in [0.1, 0.15) is 59.3 Å². The first kappa shape index (κ1) is 18.5. The molecule has 1 atom stereocenters. The summed E-state index contributed by atoms with van der Waals surface area (Å²) < 4.78 is 28.8. The standard InChI is InChI=1S/C4H5O2S.3C4H9.Sn/c5-7(6)3-1-2-4-7;3*1-3-4-2;/h1-3H,4H2;3*1,3-4H2,2H3;. The molecular formula is C16H32O2SSn. The minimum atomic E-state index is -2.85. The van der Waals surface area contributed by atoms with Crippen molar-refractivity contribution in [1.29, 1.82) is 0 Å². The van der Waals surface area contributed by atoms with E-state index in [4.69, 9.17) is 0 Å². The number of unbranched alkanes of at least 4 members (excludes halogenated alkanes) is 3. The van der Waals surface area contributed by atoms with Crippen molar-refractivity contribution in [1.82, 2.24) is 0 Å². The van der Waals surface area contributed by atoms with Crippen molar-refractivity contribution >= 4 is 28.2 Å². The summed E-state index contributed by atoms with van der Waals surface area (Å²) >= 11 is -2.62. The van der Waals surface area contributed by atoms with Gasteiger partial charge in [0, 0.05) is 0 Å². The first-order chi connectivity index (χ1) is 9.52. The van der Waals surface area contributed by atoms with Crippen molar-refractivity contribution in [3.8, 4) is 0 Å². The summed E-state index contributed by atoms with van der Waals surface area (Å²) in [5.41, 5.74) is 0. The maximum absolute atomic E-state index is 12.5. The van der Waals surface area contributed by atoms with Crippen LogP contribution in [0.5, 0.6) is 0 Å². The van der Waals surface area contributed by atoms with E-state index in [0.29, 0.717) is 5.75 Å². The first-order valence-electron chi connectivity index (χ1n) is 8.40. The summed E-state index contributed by atoms with van der Waals surface area (Å²) in [4.78, 5) is 0. The van der Waals surface area contributed by atoms with Gasteiger partial charge >= 0.3 is 130 Å². The molecule has 0 bridgehead atoms. The second-order valence-electron chi connectivity index (χ2n) is 6.35. The Morgan fingerprint density at radius 1 is 0.950 bits per heavy atom. The van der Waals surface area contributed by atoms with E-state index in [1.54, 1.807) is 0 Å². The third kappa shape index (κ3) is 4.75. The van der Waals surface area contributed by atoms with Crippen LogP contribution in [0.4, 0.5) is 0 Å². The molecule has 0 saturated carbocycles. The van der Waals surface area contributed by atoms with Crippen molar-refractivity contribution in [3.63, 3.8) is 0 Å². The molecule has 0 aliphatic carbocycles. The number of hydrogen-bond acceptors (Lipinski definition) is 2. The summed E-state index contributed by atoms with van der Waals surface area (Å²) in [6.07, 6.45) is 11.3. The first-order valence-corrected chi connectivity index (χ1v) is 17.8. The molecular weight excluding hydrogens is 375 g/mol. The Balaban J connectivity index is 3.02. The fourth-order valence-electron chi connectivity index (χ4n) is 3.51. The number of sulfone groups is 1. The molecule has 0 spiro atoms. The van der Waals surface area contributed by atoms with E-state index in [1.165, 1.54) is 51.8 Å². The Hall–Kier alpha value is 0.489. The molecule has 1 unspecified atom stereocenters. The van der Waals surface area contributed by atoms with Crippen LogP contribution in [0.25, 0.3) is 0 Å². The fourth-order valence-corrected chi connectivity index (χ4v) is 30.1. The molecule has 2 nitrogen and oxygen atoms in total. The van der Waals surface area contributed by atoms with Crippen molar-refractivity contribution in [2.45, 2.75) is 75.9 Å². The molecule has 20 heavy (non-hydrogen) atoms. The third-order valence-corrected chi connectivity index (χ3v) is 28.3. The Bertz CT molecular complexity index is 379. The van der Waals surface area contributed by atoms with Crippen LogP contribution in [-0.4, -0.2) is 35.8 Å². The van der Waals surface area contributed by atoms with Gasteiger partial charge in [-0.05, 0) is 0 Å². The Morgan fingerprint density at radius 2 is 1.40 bits per heavy atom. The quantitative estimate of drug-likeness (QED) is 0.388. The van der Waals surface area contributed by atoms with E-state index in [0.717, 1.165) is 0 Å². The second-order valence-corrected chi connectivity index (χ2v) is 23.5. The van der Waals surface area contributed by atoms with E-state index in [1.807, 2.05) is 6.08 Å². The molecule has 0 N–H and O–H groups in total. The summed E-state index contributed by atoms with van der Waals surface area (Å²) in [7, 11) is -2.85. The molecule has 1 heterocycles. The van der Waals surface area contributed by atoms with Gasteiger partial charge in [0.1, 0.15) is 0 Å². The molecule has 4 heteroatoms. The Labute approximate surface area is 130 Å². The van der Waals surface area contributed by atoms with Gasteiger partial charge in [0.25, 0.3) is 0 Å². The van der Waals surface area contributed by atoms with Crippen molar-refractivity contribution in [2.24, 2.45) is 0 Å². The average molecular weight is 407 g/mol. The predicted molar refractivity (Wildman–Crippen MR) is 91.6 cm³/mol. The molecule has 1 rings (SSSR count). The summed E-state index contributed by atoms with van der Waals surface area (Å²) in [5.74, 6) is 0.306. The van der Waals surface area contributed by atoms with E-state index < -0.39 is 28.2 Å². The van der Waals surface area contributed by atoms with Crippen LogP contribution < -0.4 is 0 Å².